The SMILES string of the molecule is CCNC(Cc1cc(F)ccc1Cl)C1CCC(F)(F)CC1. The number of rotatable bonds is 5. The van der Waals surface area contributed by atoms with Crippen molar-refractivity contribution < 1.29 is 13.2 Å². The molecule has 0 bridgehead atoms. The predicted molar refractivity (Wildman–Crippen MR) is 79.5 cm³/mol. The van der Waals surface area contributed by atoms with Crippen molar-refractivity contribution in [1.82, 2.24) is 5.32 Å². The van der Waals surface area contributed by atoms with Crippen molar-refractivity contribution in [1.29, 1.82) is 0 Å². The second-order valence-electron chi connectivity index (χ2n) is 5.80. The first-order valence-corrected chi connectivity index (χ1v) is 7.84. The lowest BCUT2D eigenvalue weighted by atomic mass is 9.80. The molecule has 5 heteroatoms. The van der Waals surface area contributed by atoms with Crippen molar-refractivity contribution in [3.05, 3.63) is 34.6 Å². The number of alkyl halides is 2. The van der Waals surface area contributed by atoms with Crippen molar-refractivity contribution in [2.75, 3.05) is 6.54 Å². The lowest BCUT2D eigenvalue weighted by molar-refractivity contribution is -0.0494. The van der Waals surface area contributed by atoms with E-state index in [1.807, 2.05) is 6.92 Å². The third-order valence-electron chi connectivity index (χ3n) is 4.24. The number of hydrogen-bond donors (Lipinski definition) is 1. The minimum absolute atomic E-state index is 0.0591. The zero-order valence-corrected chi connectivity index (χ0v) is 12.9. The molecule has 0 aliphatic heterocycles. The molecule has 0 spiro atoms. The van der Waals surface area contributed by atoms with Crippen LogP contribution < -0.4 is 5.32 Å². The fraction of sp³-hybridized carbons (Fsp3) is 0.625. The van der Waals surface area contributed by atoms with Gasteiger partial charge in [-0.25, -0.2) is 13.2 Å². The first kappa shape index (κ1) is 16.6. The van der Waals surface area contributed by atoms with Crippen molar-refractivity contribution >= 4 is 11.6 Å². The van der Waals surface area contributed by atoms with Crippen LogP contribution in [0.2, 0.25) is 5.02 Å². The zero-order chi connectivity index (χ0) is 15.5. The standard InChI is InChI=1S/C16H21ClF3N/c1-2-21-15(11-5-7-16(19,20)8-6-11)10-12-9-13(18)3-4-14(12)17/h3-4,9,11,15,21H,2,5-8,10H2,1H3. The summed E-state index contributed by atoms with van der Waals surface area (Å²) in [4.78, 5) is 0. The maximum atomic E-state index is 13.3. The van der Waals surface area contributed by atoms with Gasteiger partial charge in [-0.15, -0.1) is 0 Å². The molecular weight excluding hydrogens is 299 g/mol. The quantitative estimate of drug-likeness (QED) is 0.820. The normalized spacial score (nSPS) is 20.4. The minimum atomic E-state index is -2.52. The molecule has 1 atom stereocenters. The molecule has 1 aromatic rings. The Balaban J connectivity index is 2.07. The van der Waals surface area contributed by atoms with Gasteiger partial charge in [0, 0.05) is 23.9 Å². The highest BCUT2D eigenvalue weighted by Gasteiger charge is 2.37. The van der Waals surface area contributed by atoms with Gasteiger partial charge in [0.1, 0.15) is 5.82 Å². The van der Waals surface area contributed by atoms with Crippen LogP contribution in [-0.4, -0.2) is 18.5 Å². The van der Waals surface area contributed by atoms with Crippen LogP contribution in [-0.2, 0) is 6.42 Å². The van der Waals surface area contributed by atoms with Gasteiger partial charge in [-0.05, 0) is 55.5 Å². The first-order valence-electron chi connectivity index (χ1n) is 7.46. The van der Waals surface area contributed by atoms with Crippen LogP contribution in [0.15, 0.2) is 18.2 Å². The molecule has 1 unspecified atom stereocenters. The largest absolute Gasteiger partial charge is 0.314 e. The van der Waals surface area contributed by atoms with Gasteiger partial charge in [0.15, 0.2) is 0 Å². The third-order valence-corrected chi connectivity index (χ3v) is 4.61. The van der Waals surface area contributed by atoms with E-state index in [0.717, 1.165) is 12.1 Å². The van der Waals surface area contributed by atoms with E-state index in [9.17, 15) is 13.2 Å². The molecule has 0 radical (unpaired) electrons. The van der Waals surface area contributed by atoms with E-state index in [4.69, 9.17) is 11.6 Å². The number of benzene rings is 1. The van der Waals surface area contributed by atoms with E-state index in [1.54, 1.807) is 6.07 Å². The van der Waals surface area contributed by atoms with Gasteiger partial charge in [-0.1, -0.05) is 18.5 Å². The fourth-order valence-electron chi connectivity index (χ4n) is 3.07. The van der Waals surface area contributed by atoms with Crippen LogP contribution in [0.3, 0.4) is 0 Å². The molecule has 1 aromatic carbocycles. The second-order valence-corrected chi connectivity index (χ2v) is 6.20. The topological polar surface area (TPSA) is 12.0 Å². The Morgan fingerprint density at radius 3 is 2.62 bits per heavy atom. The monoisotopic (exact) mass is 319 g/mol. The summed E-state index contributed by atoms with van der Waals surface area (Å²) in [5.41, 5.74) is 0.736. The molecule has 1 aliphatic rings. The van der Waals surface area contributed by atoms with E-state index in [0.29, 0.717) is 24.3 Å². The van der Waals surface area contributed by atoms with E-state index < -0.39 is 5.92 Å². The van der Waals surface area contributed by atoms with Crippen molar-refractivity contribution in [3.63, 3.8) is 0 Å². The maximum absolute atomic E-state index is 13.3. The molecule has 21 heavy (non-hydrogen) atoms. The highest BCUT2D eigenvalue weighted by atomic mass is 35.5. The molecule has 1 N–H and O–H groups in total. The van der Waals surface area contributed by atoms with Crippen LogP contribution >= 0.6 is 11.6 Å². The molecule has 0 amide bonds. The molecule has 1 nitrogen and oxygen atoms in total. The molecular formula is C16H21ClF3N. The Kier molecular flexibility index (Phi) is 5.55. The highest BCUT2D eigenvalue weighted by Crippen LogP contribution is 2.38. The van der Waals surface area contributed by atoms with Crippen molar-refractivity contribution in [3.8, 4) is 0 Å². The van der Waals surface area contributed by atoms with E-state index in [1.165, 1.54) is 12.1 Å². The van der Waals surface area contributed by atoms with Crippen molar-refractivity contribution in [2.24, 2.45) is 5.92 Å². The van der Waals surface area contributed by atoms with Gasteiger partial charge in [0.2, 0.25) is 5.92 Å². The summed E-state index contributed by atoms with van der Waals surface area (Å²) in [6, 6.07) is 4.37. The van der Waals surface area contributed by atoms with Crippen LogP contribution in [0, 0.1) is 11.7 Å². The Morgan fingerprint density at radius 2 is 2.00 bits per heavy atom. The summed E-state index contributed by atoms with van der Waals surface area (Å²) >= 11 is 6.11. The zero-order valence-electron chi connectivity index (χ0n) is 12.1. The molecule has 0 saturated heterocycles. The highest BCUT2D eigenvalue weighted by molar-refractivity contribution is 6.31. The van der Waals surface area contributed by atoms with E-state index in [2.05, 4.69) is 5.32 Å². The number of hydrogen-bond acceptors (Lipinski definition) is 1. The molecule has 1 saturated carbocycles. The van der Waals surface area contributed by atoms with Gasteiger partial charge in [0.25, 0.3) is 0 Å². The summed E-state index contributed by atoms with van der Waals surface area (Å²) in [6.07, 6.45) is 1.45. The van der Waals surface area contributed by atoms with Crippen LogP contribution in [0.4, 0.5) is 13.2 Å². The molecule has 0 heterocycles. The molecule has 2 rings (SSSR count). The molecule has 0 aromatic heterocycles. The summed E-state index contributed by atoms with van der Waals surface area (Å²) in [7, 11) is 0. The summed E-state index contributed by atoms with van der Waals surface area (Å²) in [5, 5.41) is 3.88. The Morgan fingerprint density at radius 1 is 1.33 bits per heavy atom. The summed E-state index contributed by atoms with van der Waals surface area (Å²) in [6.45, 7) is 2.74. The summed E-state index contributed by atoms with van der Waals surface area (Å²) < 4.78 is 39.9. The Bertz CT molecular complexity index is 469. The number of likely N-dealkylation sites (N-methyl/N-ethyl adjacent to an activating group) is 1. The lowest BCUT2D eigenvalue weighted by Crippen LogP contribution is -2.41. The Labute approximate surface area is 128 Å². The van der Waals surface area contributed by atoms with Gasteiger partial charge < -0.3 is 5.32 Å². The molecule has 118 valence electrons. The fourth-order valence-corrected chi connectivity index (χ4v) is 3.26. The Hall–Kier alpha value is -0.740. The smallest absolute Gasteiger partial charge is 0.248 e. The molecule has 1 fully saturated rings. The maximum Gasteiger partial charge on any atom is 0.248 e. The van der Waals surface area contributed by atoms with Crippen molar-refractivity contribution in [2.45, 2.75) is 51.0 Å². The van der Waals surface area contributed by atoms with Crippen LogP contribution in [0.5, 0.6) is 0 Å². The van der Waals surface area contributed by atoms with Gasteiger partial charge in [-0.3, -0.25) is 0 Å². The summed E-state index contributed by atoms with van der Waals surface area (Å²) in [5.74, 6) is -2.66. The lowest BCUT2D eigenvalue weighted by Gasteiger charge is -2.34. The van der Waals surface area contributed by atoms with E-state index in [-0.39, 0.29) is 30.6 Å². The average Bonchev–Trinajstić information content (AvgIpc) is 2.42. The predicted octanol–water partition coefficient (Wildman–Crippen LogP) is 4.83. The second kappa shape index (κ2) is 7.01. The first-order chi connectivity index (χ1) is 9.91. The number of nitrogens with one attached hydrogen (secondary N) is 1. The van der Waals surface area contributed by atoms with Gasteiger partial charge in [-0.2, -0.15) is 0 Å². The third kappa shape index (κ3) is 4.62. The average molecular weight is 320 g/mol. The molecule has 1 aliphatic carbocycles. The number of halogens is 4. The van der Waals surface area contributed by atoms with Crippen LogP contribution in [0.25, 0.3) is 0 Å². The van der Waals surface area contributed by atoms with Gasteiger partial charge in [0.05, 0.1) is 0 Å². The van der Waals surface area contributed by atoms with Crippen LogP contribution in [0.1, 0.15) is 38.2 Å². The van der Waals surface area contributed by atoms with E-state index >= 15 is 0 Å². The van der Waals surface area contributed by atoms with Gasteiger partial charge >= 0.3 is 0 Å². The minimum Gasteiger partial charge on any atom is -0.314 e.